The SMILES string of the molecule is CSc1nc(C(=O)N2CC[C@@](O)(c3ccccc3)[C@@H]3CCCC[C@@H]32)cs1. The van der Waals surface area contributed by atoms with Crippen LogP contribution in [0.2, 0.25) is 0 Å². The van der Waals surface area contributed by atoms with E-state index in [1.807, 2.05) is 46.9 Å². The van der Waals surface area contributed by atoms with Crippen LogP contribution in [-0.2, 0) is 5.60 Å². The summed E-state index contributed by atoms with van der Waals surface area (Å²) in [6, 6.07) is 10.1. The van der Waals surface area contributed by atoms with E-state index in [-0.39, 0.29) is 17.9 Å². The summed E-state index contributed by atoms with van der Waals surface area (Å²) >= 11 is 3.09. The Bertz CT molecular complexity index is 779. The number of aromatic nitrogens is 1. The molecule has 2 aromatic rings. The van der Waals surface area contributed by atoms with Gasteiger partial charge in [0, 0.05) is 23.9 Å². The van der Waals surface area contributed by atoms with Gasteiger partial charge in [0.25, 0.3) is 5.91 Å². The second-order valence-electron chi connectivity index (χ2n) is 7.20. The largest absolute Gasteiger partial charge is 0.385 e. The van der Waals surface area contributed by atoms with Gasteiger partial charge in [-0.1, -0.05) is 54.9 Å². The van der Waals surface area contributed by atoms with Gasteiger partial charge in [-0.25, -0.2) is 4.98 Å². The molecule has 4 nitrogen and oxygen atoms in total. The van der Waals surface area contributed by atoms with Gasteiger partial charge in [0.15, 0.2) is 0 Å². The van der Waals surface area contributed by atoms with Crippen LogP contribution in [0, 0.1) is 5.92 Å². The molecule has 1 N–H and O–H groups in total. The van der Waals surface area contributed by atoms with Crippen LogP contribution in [0.1, 0.15) is 48.2 Å². The minimum atomic E-state index is -0.838. The lowest BCUT2D eigenvalue weighted by Crippen LogP contribution is -2.59. The molecular weight excluding hydrogens is 364 g/mol. The molecule has 1 aromatic heterocycles. The second kappa shape index (κ2) is 7.33. The lowest BCUT2D eigenvalue weighted by molar-refractivity contribution is -0.110. The van der Waals surface area contributed by atoms with Gasteiger partial charge in [-0.2, -0.15) is 0 Å². The highest BCUT2D eigenvalue weighted by Gasteiger charge is 2.50. The number of nitrogens with zero attached hydrogens (tertiary/aromatic N) is 2. The molecule has 1 aliphatic heterocycles. The fraction of sp³-hybridized carbons (Fsp3) is 0.500. The molecule has 2 heterocycles. The minimum absolute atomic E-state index is 0.0218. The molecule has 138 valence electrons. The first-order valence-electron chi connectivity index (χ1n) is 9.22. The minimum Gasteiger partial charge on any atom is -0.385 e. The lowest BCUT2D eigenvalue weighted by Gasteiger charge is -2.52. The highest BCUT2D eigenvalue weighted by Crippen LogP contribution is 2.47. The van der Waals surface area contributed by atoms with E-state index in [9.17, 15) is 9.90 Å². The number of benzene rings is 1. The molecule has 6 heteroatoms. The van der Waals surface area contributed by atoms with Gasteiger partial charge >= 0.3 is 0 Å². The summed E-state index contributed by atoms with van der Waals surface area (Å²) in [5.74, 6) is 0.114. The predicted octanol–water partition coefficient (Wildman–Crippen LogP) is 4.16. The van der Waals surface area contributed by atoms with Gasteiger partial charge in [-0.15, -0.1) is 11.3 Å². The molecule has 1 saturated carbocycles. The Morgan fingerprint density at radius 1 is 1.31 bits per heavy atom. The van der Waals surface area contributed by atoms with Crippen LogP contribution in [-0.4, -0.2) is 39.7 Å². The van der Waals surface area contributed by atoms with Gasteiger partial charge < -0.3 is 10.0 Å². The zero-order valence-corrected chi connectivity index (χ0v) is 16.6. The summed E-state index contributed by atoms with van der Waals surface area (Å²) in [4.78, 5) is 19.6. The third-order valence-electron chi connectivity index (χ3n) is 5.89. The summed E-state index contributed by atoms with van der Waals surface area (Å²) in [5.41, 5.74) is 0.700. The van der Waals surface area contributed by atoms with E-state index in [1.165, 1.54) is 11.3 Å². The Morgan fingerprint density at radius 3 is 2.81 bits per heavy atom. The van der Waals surface area contributed by atoms with Crippen LogP contribution in [0.4, 0.5) is 0 Å². The Balaban J connectivity index is 1.63. The first-order valence-corrected chi connectivity index (χ1v) is 11.3. The van der Waals surface area contributed by atoms with E-state index in [0.717, 1.165) is 35.6 Å². The Labute approximate surface area is 162 Å². The number of amides is 1. The van der Waals surface area contributed by atoms with Crippen molar-refractivity contribution < 1.29 is 9.90 Å². The second-order valence-corrected chi connectivity index (χ2v) is 9.11. The summed E-state index contributed by atoms with van der Waals surface area (Å²) < 4.78 is 0.923. The third kappa shape index (κ3) is 3.08. The number of hydrogen-bond acceptors (Lipinski definition) is 5. The molecule has 2 fully saturated rings. The zero-order valence-electron chi connectivity index (χ0n) is 14.9. The van der Waals surface area contributed by atoms with Gasteiger partial charge in [0.1, 0.15) is 10.0 Å². The van der Waals surface area contributed by atoms with Crippen molar-refractivity contribution >= 4 is 29.0 Å². The number of carbonyl (C=O) groups is 1. The van der Waals surface area contributed by atoms with E-state index in [2.05, 4.69) is 4.98 Å². The number of likely N-dealkylation sites (tertiary alicyclic amines) is 1. The van der Waals surface area contributed by atoms with Crippen molar-refractivity contribution in [2.45, 2.75) is 48.1 Å². The fourth-order valence-electron chi connectivity index (χ4n) is 4.62. The van der Waals surface area contributed by atoms with E-state index in [0.29, 0.717) is 18.7 Å². The quantitative estimate of drug-likeness (QED) is 0.802. The molecule has 1 amide bonds. The summed E-state index contributed by atoms with van der Waals surface area (Å²) in [5, 5.41) is 13.5. The highest BCUT2D eigenvalue weighted by atomic mass is 32.2. The van der Waals surface area contributed by atoms with E-state index < -0.39 is 5.60 Å². The highest BCUT2D eigenvalue weighted by molar-refractivity contribution is 8.00. The first kappa shape index (κ1) is 18.0. The van der Waals surface area contributed by atoms with Crippen LogP contribution >= 0.6 is 23.1 Å². The third-order valence-corrected chi connectivity index (χ3v) is 7.75. The fourth-order valence-corrected chi connectivity index (χ4v) is 5.85. The molecular formula is C20H24N2O2S2. The van der Waals surface area contributed by atoms with Crippen molar-refractivity contribution in [1.82, 2.24) is 9.88 Å². The Hall–Kier alpha value is -1.37. The van der Waals surface area contributed by atoms with Gasteiger partial charge in [-0.3, -0.25) is 4.79 Å². The molecule has 26 heavy (non-hydrogen) atoms. The lowest BCUT2D eigenvalue weighted by atomic mass is 9.66. The summed E-state index contributed by atoms with van der Waals surface area (Å²) in [6.07, 6.45) is 6.72. The van der Waals surface area contributed by atoms with Crippen molar-refractivity contribution in [2.24, 2.45) is 5.92 Å². The van der Waals surface area contributed by atoms with Gasteiger partial charge in [0.2, 0.25) is 0 Å². The monoisotopic (exact) mass is 388 g/mol. The number of rotatable bonds is 3. The molecule has 1 saturated heterocycles. The molecule has 1 aliphatic carbocycles. The first-order chi connectivity index (χ1) is 12.6. The molecule has 0 radical (unpaired) electrons. The maximum absolute atomic E-state index is 13.1. The molecule has 0 spiro atoms. The smallest absolute Gasteiger partial charge is 0.273 e. The Morgan fingerprint density at radius 2 is 2.08 bits per heavy atom. The molecule has 3 atom stereocenters. The van der Waals surface area contributed by atoms with Crippen molar-refractivity contribution in [3.8, 4) is 0 Å². The molecule has 0 bridgehead atoms. The number of thioether (sulfide) groups is 1. The van der Waals surface area contributed by atoms with Gasteiger partial charge in [0.05, 0.1) is 5.60 Å². The Kier molecular flexibility index (Phi) is 5.08. The molecule has 0 unspecified atom stereocenters. The van der Waals surface area contributed by atoms with Crippen LogP contribution in [0.5, 0.6) is 0 Å². The normalized spacial score (nSPS) is 28.6. The average Bonchev–Trinajstić information content (AvgIpc) is 3.18. The standard InChI is InChI=1S/C20H24N2O2S2/c1-25-19-21-16(13-26-19)18(23)22-12-11-20(24,14-7-3-2-4-8-14)15-9-5-6-10-17(15)22/h2-4,7-8,13,15,17,24H,5-6,9-12H2,1H3/t15-,17+,20-/m1/s1. The number of piperidine rings is 1. The molecule has 1 aromatic carbocycles. The predicted molar refractivity (Wildman–Crippen MR) is 106 cm³/mol. The maximum atomic E-state index is 13.1. The molecule has 2 aliphatic rings. The summed E-state index contributed by atoms with van der Waals surface area (Å²) in [7, 11) is 0. The van der Waals surface area contributed by atoms with Crippen LogP contribution in [0.25, 0.3) is 0 Å². The number of fused-ring (bicyclic) bond motifs is 1. The number of aliphatic hydroxyl groups is 1. The van der Waals surface area contributed by atoms with Crippen LogP contribution < -0.4 is 0 Å². The van der Waals surface area contributed by atoms with Crippen molar-refractivity contribution in [3.63, 3.8) is 0 Å². The average molecular weight is 389 g/mol. The van der Waals surface area contributed by atoms with Crippen LogP contribution in [0.15, 0.2) is 40.1 Å². The van der Waals surface area contributed by atoms with Gasteiger partial charge in [-0.05, 0) is 31.1 Å². The van der Waals surface area contributed by atoms with E-state index >= 15 is 0 Å². The number of carbonyl (C=O) groups excluding carboxylic acids is 1. The maximum Gasteiger partial charge on any atom is 0.273 e. The topological polar surface area (TPSA) is 53.4 Å². The van der Waals surface area contributed by atoms with Crippen molar-refractivity contribution in [2.75, 3.05) is 12.8 Å². The molecule has 4 rings (SSSR count). The zero-order chi connectivity index (χ0) is 18.1. The number of hydrogen-bond donors (Lipinski definition) is 1. The van der Waals surface area contributed by atoms with Crippen molar-refractivity contribution in [3.05, 3.63) is 47.0 Å². The van der Waals surface area contributed by atoms with E-state index in [1.54, 1.807) is 11.8 Å². The van der Waals surface area contributed by atoms with E-state index in [4.69, 9.17) is 0 Å². The summed E-state index contributed by atoms with van der Waals surface area (Å²) in [6.45, 7) is 0.581. The van der Waals surface area contributed by atoms with Crippen molar-refractivity contribution in [1.29, 1.82) is 0 Å². The van der Waals surface area contributed by atoms with Crippen LogP contribution in [0.3, 0.4) is 0 Å². The number of thiazole rings is 1.